The van der Waals surface area contributed by atoms with Gasteiger partial charge in [-0.3, -0.25) is 9.69 Å². The Morgan fingerprint density at radius 1 is 1.17 bits per heavy atom. The maximum atomic E-state index is 12.0. The van der Waals surface area contributed by atoms with E-state index in [0.717, 1.165) is 32.5 Å². The van der Waals surface area contributed by atoms with Crippen molar-refractivity contribution in [3.8, 4) is 0 Å². The first-order valence-corrected chi connectivity index (χ1v) is 10.8. The van der Waals surface area contributed by atoms with Crippen LogP contribution in [0.15, 0.2) is 42.5 Å². The van der Waals surface area contributed by atoms with Crippen molar-refractivity contribution in [1.82, 2.24) is 10.2 Å². The molecule has 0 aliphatic carbocycles. The number of aliphatic hydroxyl groups excluding tert-OH is 1. The Labute approximate surface area is 173 Å². The normalized spacial score (nSPS) is 27.2. The molecule has 2 aromatic rings. The minimum atomic E-state index is -0.693. The highest BCUT2D eigenvalue weighted by molar-refractivity contribution is 5.83. The molecule has 1 spiro atoms. The standard InChI is InChI=1S/C24H32N2O3/c1-3-21(27)25-23(2)12-15-29-24(22(23)28)10-13-26(14-11-24)17-18-8-9-19-6-4-5-7-20(19)16-18/h4-9,16,22,28H,3,10-15,17H2,1-2H3,(H,25,27)/t22-,23+/m0/s1. The van der Waals surface area contributed by atoms with E-state index in [2.05, 4.69) is 52.7 Å². The van der Waals surface area contributed by atoms with Gasteiger partial charge in [-0.15, -0.1) is 0 Å². The summed E-state index contributed by atoms with van der Waals surface area (Å²) in [4.78, 5) is 14.4. The predicted octanol–water partition coefficient (Wildman–Crippen LogP) is 3.24. The number of fused-ring (bicyclic) bond motifs is 1. The highest BCUT2D eigenvalue weighted by Crippen LogP contribution is 2.40. The average Bonchev–Trinajstić information content (AvgIpc) is 2.73. The predicted molar refractivity (Wildman–Crippen MR) is 115 cm³/mol. The smallest absolute Gasteiger partial charge is 0.220 e. The molecule has 2 heterocycles. The van der Waals surface area contributed by atoms with Crippen molar-refractivity contribution in [1.29, 1.82) is 0 Å². The second-order valence-electron chi connectivity index (χ2n) is 8.84. The molecule has 2 aromatic carbocycles. The van der Waals surface area contributed by atoms with Gasteiger partial charge in [0, 0.05) is 32.7 Å². The number of rotatable bonds is 4. The zero-order valence-electron chi connectivity index (χ0n) is 17.5. The van der Waals surface area contributed by atoms with Crippen LogP contribution < -0.4 is 5.32 Å². The van der Waals surface area contributed by atoms with Crippen molar-refractivity contribution < 1.29 is 14.6 Å². The molecule has 5 nitrogen and oxygen atoms in total. The van der Waals surface area contributed by atoms with Crippen LogP contribution in [0, 0.1) is 0 Å². The van der Waals surface area contributed by atoms with Crippen LogP contribution in [-0.2, 0) is 16.1 Å². The van der Waals surface area contributed by atoms with E-state index >= 15 is 0 Å². The van der Waals surface area contributed by atoms with Crippen LogP contribution >= 0.6 is 0 Å². The summed E-state index contributed by atoms with van der Waals surface area (Å²) in [5, 5.41) is 16.8. The first kappa shape index (κ1) is 20.3. The third kappa shape index (κ3) is 4.04. The lowest BCUT2D eigenvalue weighted by Crippen LogP contribution is -2.69. The minimum Gasteiger partial charge on any atom is -0.388 e. The molecule has 2 atom stereocenters. The van der Waals surface area contributed by atoms with Gasteiger partial charge in [-0.25, -0.2) is 0 Å². The van der Waals surface area contributed by atoms with Gasteiger partial charge in [-0.05, 0) is 48.6 Å². The van der Waals surface area contributed by atoms with Gasteiger partial charge in [-0.1, -0.05) is 43.3 Å². The summed E-state index contributed by atoms with van der Waals surface area (Å²) in [7, 11) is 0. The summed E-state index contributed by atoms with van der Waals surface area (Å²) >= 11 is 0. The number of aliphatic hydroxyl groups is 1. The van der Waals surface area contributed by atoms with E-state index in [4.69, 9.17) is 4.74 Å². The van der Waals surface area contributed by atoms with Crippen LogP contribution in [0.5, 0.6) is 0 Å². The molecule has 0 saturated carbocycles. The first-order chi connectivity index (χ1) is 13.9. The van der Waals surface area contributed by atoms with Gasteiger partial charge in [0.15, 0.2) is 0 Å². The van der Waals surface area contributed by atoms with Crippen molar-refractivity contribution in [2.45, 2.75) is 63.3 Å². The highest BCUT2D eigenvalue weighted by Gasteiger charge is 2.53. The fraction of sp³-hybridized carbons (Fsp3) is 0.542. The summed E-state index contributed by atoms with van der Waals surface area (Å²) < 4.78 is 6.16. The molecule has 5 heteroatoms. The summed E-state index contributed by atoms with van der Waals surface area (Å²) in [6.45, 7) is 7.02. The number of amides is 1. The van der Waals surface area contributed by atoms with Gasteiger partial charge in [0.2, 0.25) is 5.91 Å². The summed E-state index contributed by atoms with van der Waals surface area (Å²) in [5.41, 5.74) is 0.129. The van der Waals surface area contributed by atoms with Gasteiger partial charge >= 0.3 is 0 Å². The average molecular weight is 397 g/mol. The van der Waals surface area contributed by atoms with Gasteiger partial charge in [0.1, 0.15) is 6.10 Å². The fourth-order valence-electron chi connectivity index (χ4n) is 4.90. The van der Waals surface area contributed by atoms with Gasteiger partial charge in [-0.2, -0.15) is 0 Å². The zero-order chi connectivity index (χ0) is 20.5. The molecular weight excluding hydrogens is 364 g/mol. The number of hydrogen-bond donors (Lipinski definition) is 2. The van der Waals surface area contributed by atoms with E-state index in [1.807, 2.05) is 13.8 Å². The quantitative estimate of drug-likeness (QED) is 0.833. The first-order valence-electron chi connectivity index (χ1n) is 10.8. The Kier molecular flexibility index (Phi) is 5.65. The number of carbonyl (C=O) groups is 1. The molecule has 0 radical (unpaired) electrons. The number of likely N-dealkylation sites (tertiary alicyclic amines) is 1. The summed E-state index contributed by atoms with van der Waals surface area (Å²) in [6, 6.07) is 15.1. The Hall–Kier alpha value is -1.95. The van der Waals surface area contributed by atoms with E-state index in [-0.39, 0.29) is 5.91 Å². The van der Waals surface area contributed by atoms with E-state index in [0.29, 0.717) is 19.4 Å². The lowest BCUT2D eigenvalue weighted by atomic mass is 9.73. The molecule has 4 rings (SSSR count). The number of nitrogens with one attached hydrogen (secondary N) is 1. The van der Waals surface area contributed by atoms with Crippen molar-refractivity contribution in [2.24, 2.45) is 0 Å². The Morgan fingerprint density at radius 3 is 2.62 bits per heavy atom. The molecule has 2 fully saturated rings. The minimum absolute atomic E-state index is 0.0164. The third-order valence-corrected chi connectivity index (χ3v) is 6.78. The fourth-order valence-corrected chi connectivity index (χ4v) is 4.90. The molecule has 0 aromatic heterocycles. The molecule has 29 heavy (non-hydrogen) atoms. The molecule has 1 amide bonds. The molecule has 2 aliphatic heterocycles. The molecular formula is C24H32N2O3. The number of piperidine rings is 1. The summed E-state index contributed by atoms with van der Waals surface area (Å²) in [6.07, 6.45) is 1.93. The summed E-state index contributed by atoms with van der Waals surface area (Å²) in [5.74, 6) is -0.0164. The van der Waals surface area contributed by atoms with Crippen LogP contribution in [0.3, 0.4) is 0 Å². The van der Waals surface area contributed by atoms with Crippen molar-refractivity contribution in [3.05, 3.63) is 48.0 Å². The van der Waals surface area contributed by atoms with Crippen LogP contribution in [0.4, 0.5) is 0 Å². The monoisotopic (exact) mass is 396 g/mol. The van der Waals surface area contributed by atoms with Crippen molar-refractivity contribution in [2.75, 3.05) is 19.7 Å². The lowest BCUT2D eigenvalue weighted by Gasteiger charge is -2.53. The molecule has 2 aliphatic rings. The molecule has 0 bridgehead atoms. The van der Waals surface area contributed by atoms with Crippen molar-refractivity contribution in [3.63, 3.8) is 0 Å². The number of benzene rings is 2. The molecule has 2 saturated heterocycles. The van der Waals surface area contributed by atoms with Crippen LogP contribution in [0.1, 0.15) is 45.1 Å². The molecule has 2 N–H and O–H groups in total. The van der Waals surface area contributed by atoms with Crippen LogP contribution in [-0.4, -0.2) is 52.9 Å². The van der Waals surface area contributed by atoms with Crippen molar-refractivity contribution >= 4 is 16.7 Å². The van der Waals surface area contributed by atoms with E-state index in [1.54, 1.807) is 0 Å². The Morgan fingerprint density at radius 2 is 1.90 bits per heavy atom. The molecule has 156 valence electrons. The number of nitrogens with zero attached hydrogens (tertiary/aromatic N) is 1. The number of hydrogen-bond acceptors (Lipinski definition) is 4. The number of carbonyl (C=O) groups excluding carboxylic acids is 1. The zero-order valence-corrected chi connectivity index (χ0v) is 17.5. The SMILES string of the molecule is CCC(=O)N[C@]1(C)CCOC2(CCN(Cc3ccc4ccccc4c3)CC2)[C@H]1O. The maximum Gasteiger partial charge on any atom is 0.220 e. The number of ether oxygens (including phenoxy) is 1. The van der Waals surface area contributed by atoms with E-state index in [1.165, 1.54) is 16.3 Å². The second kappa shape index (κ2) is 8.05. The topological polar surface area (TPSA) is 61.8 Å². The van der Waals surface area contributed by atoms with Gasteiger partial charge < -0.3 is 15.2 Å². The highest BCUT2D eigenvalue weighted by atomic mass is 16.5. The maximum absolute atomic E-state index is 12.0. The largest absolute Gasteiger partial charge is 0.388 e. The van der Waals surface area contributed by atoms with Gasteiger partial charge in [0.25, 0.3) is 0 Å². The van der Waals surface area contributed by atoms with Gasteiger partial charge in [0.05, 0.1) is 11.1 Å². The Bertz CT molecular complexity index is 875. The van der Waals surface area contributed by atoms with Crippen LogP contribution in [0.25, 0.3) is 10.8 Å². The second-order valence-corrected chi connectivity index (χ2v) is 8.84. The lowest BCUT2D eigenvalue weighted by molar-refractivity contribution is -0.208. The van der Waals surface area contributed by atoms with E-state index in [9.17, 15) is 9.90 Å². The third-order valence-electron chi connectivity index (χ3n) is 6.78. The Balaban J connectivity index is 1.41. The molecule has 0 unspecified atom stereocenters. The van der Waals surface area contributed by atoms with Crippen LogP contribution in [0.2, 0.25) is 0 Å². The van der Waals surface area contributed by atoms with E-state index < -0.39 is 17.2 Å².